The molecule has 1 aromatic rings. The third-order valence-corrected chi connectivity index (χ3v) is 4.54. The highest BCUT2D eigenvalue weighted by Gasteiger charge is 2.26. The molecule has 1 amide bonds. The quantitative estimate of drug-likeness (QED) is 0.712. The van der Waals surface area contributed by atoms with Crippen molar-refractivity contribution in [2.75, 3.05) is 6.61 Å². The lowest BCUT2D eigenvalue weighted by atomic mass is 9.86. The van der Waals surface area contributed by atoms with E-state index in [1.165, 1.54) is 0 Å². The molecule has 0 saturated heterocycles. The molecule has 0 unspecified atom stereocenters. The molecule has 2 rings (SSSR count). The van der Waals surface area contributed by atoms with Crippen molar-refractivity contribution in [3.8, 4) is 5.75 Å². The number of amides is 1. The van der Waals surface area contributed by atoms with E-state index in [4.69, 9.17) is 9.84 Å². The zero-order valence-electron chi connectivity index (χ0n) is 14.3. The Morgan fingerprint density at radius 1 is 1.12 bits per heavy atom. The average Bonchev–Trinajstić information content (AvgIpc) is 2.59. The van der Waals surface area contributed by atoms with Gasteiger partial charge in [0.1, 0.15) is 5.75 Å². The number of hydrogen-bond acceptors (Lipinski definition) is 3. The van der Waals surface area contributed by atoms with E-state index >= 15 is 0 Å². The van der Waals surface area contributed by atoms with Crippen LogP contribution in [0.4, 0.5) is 0 Å². The third-order valence-electron chi connectivity index (χ3n) is 4.54. The number of benzene rings is 1. The number of carboxylic acid groups (broad SMARTS) is 1. The molecule has 5 nitrogen and oxygen atoms in total. The van der Waals surface area contributed by atoms with Crippen molar-refractivity contribution in [2.45, 2.75) is 57.9 Å². The average molecular weight is 333 g/mol. The second-order valence-electron chi connectivity index (χ2n) is 6.44. The predicted octanol–water partition coefficient (Wildman–Crippen LogP) is 3.63. The fourth-order valence-corrected chi connectivity index (χ4v) is 3.00. The smallest absolute Gasteiger partial charge is 0.306 e. The maximum absolute atomic E-state index is 12.3. The highest BCUT2D eigenvalue weighted by atomic mass is 16.5. The Morgan fingerprint density at radius 3 is 2.38 bits per heavy atom. The summed E-state index contributed by atoms with van der Waals surface area (Å²) in [5.41, 5.74) is 0.608. The van der Waals surface area contributed by atoms with Gasteiger partial charge in [-0.15, -0.1) is 0 Å². The van der Waals surface area contributed by atoms with Crippen LogP contribution in [0.5, 0.6) is 5.75 Å². The van der Waals surface area contributed by atoms with Gasteiger partial charge < -0.3 is 15.2 Å². The van der Waals surface area contributed by atoms with Crippen LogP contribution < -0.4 is 10.1 Å². The van der Waals surface area contributed by atoms with Gasteiger partial charge in [0.2, 0.25) is 0 Å². The lowest BCUT2D eigenvalue weighted by Crippen LogP contribution is -2.38. The van der Waals surface area contributed by atoms with Crippen LogP contribution in [0, 0.1) is 5.92 Å². The van der Waals surface area contributed by atoms with Crippen LogP contribution in [0.15, 0.2) is 24.3 Å². The monoisotopic (exact) mass is 333 g/mol. The Balaban J connectivity index is 1.77. The number of rotatable bonds is 8. The molecule has 0 radical (unpaired) electrons. The second kappa shape index (κ2) is 9.30. The van der Waals surface area contributed by atoms with Crippen molar-refractivity contribution in [3.05, 3.63) is 29.8 Å². The van der Waals surface area contributed by atoms with E-state index < -0.39 is 5.97 Å². The van der Waals surface area contributed by atoms with Crippen LogP contribution in [0.2, 0.25) is 0 Å². The maximum atomic E-state index is 12.3. The van der Waals surface area contributed by atoms with E-state index in [-0.39, 0.29) is 17.9 Å². The first kappa shape index (κ1) is 18.3. The van der Waals surface area contributed by atoms with Gasteiger partial charge in [0.05, 0.1) is 12.5 Å². The molecular weight excluding hydrogens is 306 g/mol. The summed E-state index contributed by atoms with van der Waals surface area (Å²) in [4.78, 5) is 23.2. The predicted molar refractivity (Wildman–Crippen MR) is 92.3 cm³/mol. The summed E-state index contributed by atoms with van der Waals surface area (Å²) in [6.07, 6.45) is 6.07. The maximum Gasteiger partial charge on any atom is 0.306 e. The van der Waals surface area contributed by atoms with Crippen molar-refractivity contribution < 1.29 is 19.4 Å². The molecule has 0 spiro atoms. The Kier molecular flexibility index (Phi) is 7.09. The van der Waals surface area contributed by atoms with Crippen molar-refractivity contribution >= 4 is 11.9 Å². The zero-order chi connectivity index (χ0) is 17.4. The molecule has 1 aliphatic rings. The molecule has 2 N–H and O–H groups in total. The normalized spacial score (nSPS) is 20.4. The lowest BCUT2D eigenvalue weighted by molar-refractivity contribution is -0.142. The van der Waals surface area contributed by atoms with Gasteiger partial charge in [0.15, 0.2) is 0 Å². The van der Waals surface area contributed by atoms with Gasteiger partial charge in [0, 0.05) is 11.6 Å². The highest BCUT2D eigenvalue weighted by Crippen LogP contribution is 2.24. The lowest BCUT2D eigenvalue weighted by Gasteiger charge is -2.26. The largest absolute Gasteiger partial charge is 0.494 e. The Labute approximate surface area is 143 Å². The molecule has 132 valence electrons. The summed E-state index contributed by atoms with van der Waals surface area (Å²) < 4.78 is 5.64. The second-order valence-corrected chi connectivity index (χ2v) is 6.44. The minimum atomic E-state index is -0.727. The molecule has 0 atom stereocenters. The van der Waals surface area contributed by atoms with E-state index in [2.05, 4.69) is 12.2 Å². The Bertz CT molecular complexity index is 533. The highest BCUT2D eigenvalue weighted by molar-refractivity contribution is 5.94. The van der Waals surface area contributed by atoms with E-state index in [1.807, 2.05) is 12.1 Å². The van der Waals surface area contributed by atoms with Gasteiger partial charge >= 0.3 is 5.97 Å². The number of carbonyl (C=O) groups excluding carboxylic acids is 1. The molecule has 1 saturated carbocycles. The number of nitrogens with one attached hydrogen (secondary N) is 1. The van der Waals surface area contributed by atoms with Gasteiger partial charge in [-0.1, -0.05) is 19.8 Å². The van der Waals surface area contributed by atoms with Crippen LogP contribution in [0.3, 0.4) is 0 Å². The summed E-state index contributed by atoms with van der Waals surface area (Å²) in [6, 6.07) is 7.25. The van der Waals surface area contributed by atoms with E-state index in [9.17, 15) is 9.59 Å². The minimum Gasteiger partial charge on any atom is -0.494 e. The van der Waals surface area contributed by atoms with Gasteiger partial charge in [-0.25, -0.2) is 0 Å². The number of hydrogen-bond donors (Lipinski definition) is 2. The van der Waals surface area contributed by atoms with Crippen LogP contribution in [0.25, 0.3) is 0 Å². The molecule has 1 aliphatic carbocycles. The first-order valence-corrected chi connectivity index (χ1v) is 8.86. The topological polar surface area (TPSA) is 75.6 Å². The van der Waals surface area contributed by atoms with Crippen molar-refractivity contribution in [1.82, 2.24) is 5.32 Å². The summed E-state index contributed by atoms with van der Waals surface area (Å²) in [6.45, 7) is 2.85. The standard InChI is InChI=1S/C19H27NO4/c1-2-3-4-13-24-17-11-7-14(8-12-17)18(21)20-16-9-5-15(6-10-16)19(22)23/h7-8,11-12,15-16H,2-6,9-10,13H2,1H3,(H,20,21)(H,22,23). The van der Waals surface area contributed by atoms with Crippen LogP contribution in [0.1, 0.15) is 62.2 Å². The molecule has 0 bridgehead atoms. The fraction of sp³-hybridized carbons (Fsp3) is 0.579. The van der Waals surface area contributed by atoms with Gasteiger partial charge in [0.25, 0.3) is 5.91 Å². The van der Waals surface area contributed by atoms with Crippen LogP contribution >= 0.6 is 0 Å². The summed E-state index contributed by atoms with van der Waals surface area (Å²) in [7, 11) is 0. The molecule has 0 heterocycles. The van der Waals surface area contributed by atoms with Crippen molar-refractivity contribution in [2.24, 2.45) is 5.92 Å². The van der Waals surface area contributed by atoms with E-state index in [1.54, 1.807) is 12.1 Å². The first-order valence-electron chi connectivity index (χ1n) is 8.86. The van der Waals surface area contributed by atoms with Crippen molar-refractivity contribution in [1.29, 1.82) is 0 Å². The van der Waals surface area contributed by atoms with Gasteiger partial charge in [-0.2, -0.15) is 0 Å². The van der Waals surface area contributed by atoms with E-state index in [0.29, 0.717) is 25.0 Å². The first-order chi connectivity index (χ1) is 11.6. The number of unbranched alkanes of at least 4 members (excludes halogenated alkanes) is 2. The summed E-state index contributed by atoms with van der Waals surface area (Å²) >= 11 is 0. The van der Waals surface area contributed by atoms with Crippen LogP contribution in [-0.4, -0.2) is 29.6 Å². The number of ether oxygens (including phenoxy) is 1. The molecular formula is C19H27NO4. The molecule has 24 heavy (non-hydrogen) atoms. The van der Waals surface area contributed by atoms with Crippen molar-refractivity contribution in [3.63, 3.8) is 0 Å². The molecule has 1 fully saturated rings. The zero-order valence-corrected chi connectivity index (χ0v) is 14.3. The molecule has 1 aromatic carbocycles. The minimum absolute atomic E-state index is 0.0677. The summed E-state index contributed by atoms with van der Waals surface area (Å²) in [5, 5.41) is 12.0. The Hall–Kier alpha value is -2.04. The number of carboxylic acids is 1. The van der Waals surface area contributed by atoms with Gasteiger partial charge in [-0.3, -0.25) is 9.59 Å². The summed E-state index contributed by atoms with van der Waals surface area (Å²) in [5.74, 6) is -0.312. The SMILES string of the molecule is CCCCCOc1ccc(C(=O)NC2CCC(C(=O)O)CC2)cc1. The fourth-order valence-electron chi connectivity index (χ4n) is 3.00. The molecule has 0 aliphatic heterocycles. The van der Waals surface area contributed by atoms with Crippen LogP contribution in [-0.2, 0) is 4.79 Å². The van der Waals surface area contributed by atoms with E-state index in [0.717, 1.165) is 37.9 Å². The number of carbonyl (C=O) groups is 2. The number of aliphatic carboxylic acids is 1. The third kappa shape index (κ3) is 5.55. The molecule has 0 aromatic heterocycles. The Morgan fingerprint density at radius 2 is 1.79 bits per heavy atom. The molecule has 5 heteroatoms. The van der Waals surface area contributed by atoms with Gasteiger partial charge in [-0.05, 0) is 56.4 Å².